The average Bonchev–Trinajstić information content (AvgIpc) is 2.63. The first kappa shape index (κ1) is 9.01. The number of rotatable bonds is 5. The van der Waals surface area contributed by atoms with Gasteiger partial charge in [0.25, 0.3) is 0 Å². The van der Waals surface area contributed by atoms with Gasteiger partial charge >= 0.3 is 0 Å². The SMILES string of the molecule is CCCOCC1(C)OC1CC. The van der Waals surface area contributed by atoms with Gasteiger partial charge in [-0.2, -0.15) is 0 Å². The summed E-state index contributed by atoms with van der Waals surface area (Å²) in [4.78, 5) is 0. The van der Waals surface area contributed by atoms with Gasteiger partial charge in [-0.3, -0.25) is 0 Å². The highest BCUT2D eigenvalue weighted by atomic mass is 16.6. The monoisotopic (exact) mass is 158 g/mol. The Hall–Kier alpha value is -0.0800. The minimum atomic E-state index is 0.0456. The molecule has 0 saturated carbocycles. The van der Waals surface area contributed by atoms with Crippen LogP contribution in [0.15, 0.2) is 0 Å². The molecule has 0 aromatic rings. The lowest BCUT2D eigenvalue weighted by atomic mass is 10.1. The van der Waals surface area contributed by atoms with Crippen LogP contribution < -0.4 is 0 Å². The topological polar surface area (TPSA) is 21.8 Å². The van der Waals surface area contributed by atoms with Gasteiger partial charge in [-0.25, -0.2) is 0 Å². The molecule has 2 atom stereocenters. The van der Waals surface area contributed by atoms with Crippen LogP contribution in [0.25, 0.3) is 0 Å². The summed E-state index contributed by atoms with van der Waals surface area (Å²) in [6, 6.07) is 0. The van der Waals surface area contributed by atoms with E-state index in [2.05, 4.69) is 20.8 Å². The summed E-state index contributed by atoms with van der Waals surface area (Å²) in [5.41, 5.74) is 0.0456. The lowest BCUT2D eigenvalue weighted by Gasteiger charge is -2.05. The summed E-state index contributed by atoms with van der Waals surface area (Å²) < 4.78 is 10.9. The van der Waals surface area contributed by atoms with Gasteiger partial charge in [-0.1, -0.05) is 13.8 Å². The Morgan fingerprint density at radius 1 is 1.45 bits per heavy atom. The summed E-state index contributed by atoms with van der Waals surface area (Å²) in [6.07, 6.45) is 2.64. The molecule has 0 N–H and O–H groups in total. The minimum Gasteiger partial charge on any atom is -0.378 e. The maximum Gasteiger partial charge on any atom is 0.115 e. The number of hydrogen-bond donors (Lipinski definition) is 0. The Labute approximate surface area is 68.9 Å². The van der Waals surface area contributed by atoms with Crippen molar-refractivity contribution in [1.82, 2.24) is 0 Å². The fourth-order valence-electron chi connectivity index (χ4n) is 1.35. The zero-order valence-electron chi connectivity index (χ0n) is 7.72. The highest BCUT2D eigenvalue weighted by molar-refractivity contribution is 4.97. The van der Waals surface area contributed by atoms with Gasteiger partial charge in [0.15, 0.2) is 0 Å². The van der Waals surface area contributed by atoms with Crippen LogP contribution in [0, 0.1) is 0 Å². The molecule has 0 aliphatic carbocycles. The van der Waals surface area contributed by atoms with Crippen molar-refractivity contribution in [1.29, 1.82) is 0 Å². The van der Waals surface area contributed by atoms with Gasteiger partial charge in [0.2, 0.25) is 0 Å². The third-order valence-corrected chi connectivity index (χ3v) is 2.14. The summed E-state index contributed by atoms with van der Waals surface area (Å²) in [6.45, 7) is 8.01. The van der Waals surface area contributed by atoms with Crippen molar-refractivity contribution in [3.8, 4) is 0 Å². The van der Waals surface area contributed by atoms with E-state index in [9.17, 15) is 0 Å². The first-order chi connectivity index (χ1) is 5.23. The van der Waals surface area contributed by atoms with Crippen molar-refractivity contribution in [3.05, 3.63) is 0 Å². The summed E-state index contributed by atoms with van der Waals surface area (Å²) in [7, 11) is 0. The third-order valence-electron chi connectivity index (χ3n) is 2.14. The Bertz CT molecular complexity index is 125. The van der Waals surface area contributed by atoms with Gasteiger partial charge in [-0.05, 0) is 19.8 Å². The zero-order valence-corrected chi connectivity index (χ0v) is 7.72. The zero-order chi connectivity index (χ0) is 8.32. The fraction of sp³-hybridized carbons (Fsp3) is 1.00. The smallest absolute Gasteiger partial charge is 0.115 e. The van der Waals surface area contributed by atoms with Crippen molar-refractivity contribution in [3.63, 3.8) is 0 Å². The van der Waals surface area contributed by atoms with Crippen molar-refractivity contribution in [2.45, 2.75) is 45.3 Å². The van der Waals surface area contributed by atoms with Gasteiger partial charge < -0.3 is 9.47 Å². The molecular weight excluding hydrogens is 140 g/mol. The molecule has 1 fully saturated rings. The molecule has 1 saturated heterocycles. The van der Waals surface area contributed by atoms with E-state index in [1.54, 1.807) is 0 Å². The number of hydrogen-bond acceptors (Lipinski definition) is 2. The van der Waals surface area contributed by atoms with E-state index in [0.29, 0.717) is 6.10 Å². The molecule has 0 aromatic heterocycles. The molecule has 0 amide bonds. The average molecular weight is 158 g/mol. The van der Waals surface area contributed by atoms with Crippen LogP contribution in [0.2, 0.25) is 0 Å². The van der Waals surface area contributed by atoms with E-state index in [1.807, 2.05) is 0 Å². The summed E-state index contributed by atoms with van der Waals surface area (Å²) in [5, 5.41) is 0. The number of epoxide rings is 1. The molecule has 1 aliphatic heterocycles. The summed E-state index contributed by atoms with van der Waals surface area (Å²) >= 11 is 0. The number of ether oxygens (including phenoxy) is 2. The van der Waals surface area contributed by atoms with E-state index < -0.39 is 0 Å². The van der Waals surface area contributed by atoms with Crippen LogP contribution in [-0.4, -0.2) is 24.9 Å². The van der Waals surface area contributed by atoms with E-state index in [4.69, 9.17) is 9.47 Å². The van der Waals surface area contributed by atoms with E-state index in [1.165, 1.54) is 0 Å². The van der Waals surface area contributed by atoms with E-state index in [-0.39, 0.29) is 5.60 Å². The lowest BCUT2D eigenvalue weighted by Crippen LogP contribution is -2.18. The molecule has 1 heterocycles. The fourth-order valence-corrected chi connectivity index (χ4v) is 1.35. The van der Waals surface area contributed by atoms with Crippen LogP contribution in [0.4, 0.5) is 0 Å². The quantitative estimate of drug-likeness (QED) is 0.451. The Morgan fingerprint density at radius 3 is 2.64 bits per heavy atom. The highest BCUT2D eigenvalue weighted by Crippen LogP contribution is 2.38. The van der Waals surface area contributed by atoms with Crippen molar-refractivity contribution in [2.24, 2.45) is 0 Å². The van der Waals surface area contributed by atoms with Gasteiger partial charge in [0.05, 0.1) is 12.7 Å². The molecule has 2 heteroatoms. The first-order valence-electron chi connectivity index (χ1n) is 4.48. The second-order valence-corrected chi connectivity index (χ2v) is 3.38. The predicted octanol–water partition coefficient (Wildman–Crippen LogP) is 1.98. The predicted molar refractivity (Wildman–Crippen MR) is 44.7 cm³/mol. The first-order valence-corrected chi connectivity index (χ1v) is 4.48. The standard InChI is InChI=1S/C9H18O2/c1-4-6-10-7-9(3)8(5-2)11-9/h8H,4-7H2,1-3H3. The Balaban J connectivity index is 2.08. The molecule has 1 rings (SSSR count). The molecule has 1 aliphatic rings. The molecule has 0 aromatic carbocycles. The van der Waals surface area contributed by atoms with E-state index >= 15 is 0 Å². The van der Waals surface area contributed by atoms with Crippen LogP contribution in [0.3, 0.4) is 0 Å². The van der Waals surface area contributed by atoms with Crippen LogP contribution in [0.1, 0.15) is 33.6 Å². The third kappa shape index (κ3) is 2.17. The normalized spacial score (nSPS) is 35.7. The lowest BCUT2D eigenvalue weighted by molar-refractivity contribution is 0.0858. The van der Waals surface area contributed by atoms with Crippen LogP contribution >= 0.6 is 0 Å². The second-order valence-electron chi connectivity index (χ2n) is 3.38. The molecule has 0 bridgehead atoms. The van der Waals surface area contributed by atoms with Crippen molar-refractivity contribution < 1.29 is 9.47 Å². The van der Waals surface area contributed by atoms with E-state index in [0.717, 1.165) is 26.1 Å². The van der Waals surface area contributed by atoms with Crippen molar-refractivity contribution >= 4 is 0 Å². The maximum absolute atomic E-state index is 5.48. The van der Waals surface area contributed by atoms with Gasteiger partial charge in [0.1, 0.15) is 5.60 Å². The molecular formula is C9H18O2. The largest absolute Gasteiger partial charge is 0.378 e. The highest BCUT2D eigenvalue weighted by Gasteiger charge is 2.50. The van der Waals surface area contributed by atoms with Gasteiger partial charge in [-0.15, -0.1) is 0 Å². The molecule has 66 valence electrons. The Kier molecular flexibility index (Phi) is 2.90. The second kappa shape index (κ2) is 3.55. The molecule has 11 heavy (non-hydrogen) atoms. The van der Waals surface area contributed by atoms with Crippen LogP contribution in [-0.2, 0) is 9.47 Å². The van der Waals surface area contributed by atoms with Crippen molar-refractivity contribution in [2.75, 3.05) is 13.2 Å². The minimum absolute atomic E-state index is 0.0456. The maximum atomic E-state index is 5.48. The molecule has 0 radical (unpaired) electrons. The molecule has 0 spiro atoms. The Morgan fingerprint density at radius 2 is 2.18 bits per heavy atom. The van der Waals surface area contributed by atoms with Gasteiger partial charge in [0, 0.05) is 6.61 Å². The summed E-state index contributed by atoms with van der Waals surface area (Å²) in [5.74, 6) is 0. The molecule has 2 unspecified atom stereocenters. The molecule has 2 nitrogen and oxygen atoms in total. The van der Waals surface area contributed by atoms with Crippen LogP contribution in [0.5, 0.6) is 0 Å².